The monoisotopic (exact) mass is 855 g/mol. The molecule has 5 heterocycles. The Kier molecular flexibility index (Phi) is 29.6. The first-order valence-corrected chi connectivity index (χ1v) is 22.7. The molecule has 9 nitrogen and oxygen atoms in total. The van der Waals surface area contributed by atoms with Gasteiger partial charge in [-0.15, -0.1) is 11.3 Å². The first-order chi connectivity index (χ1) is 28.2. The highest BCUT2D eigenvalue weighted by Crippen LogP contribution is 2.32. The first kappa shape index (κ1) is 56.6. The molecule has 1 saturated heterocycles. The Morgan fingerprint density at radius 3 is 1.70 bits per heavy atom. The third kappa shape index (κ3) is 25.4. The van der Waals surface area contributed by atoms with Crippen LogP contribution in [0.2, 0.25) is 0 Å². The highest BCUT2D eigenvalue weighted by molar-refractivity contribution is 7.15. The van der Waals surface area contributed by atoms with Crippen LogP contribution in [0.3, 0.4) is 0 Å². The van der Waals surface area contributed by atoms with E-state index in [1.54, 1.807) is 39.8 Å². The maximum Gasteiger partial charge on any atom is 0.185 e. The molecule has 1 atom stereocenters. The minimum absolute atomic E-state index is 0.0222. The van der Waals surface area contributed by atoms with Gasteiger partial charge in [-0.1, -0.05) is 91.8 Å². The van der Waals surface area contributed by atoms with Crippen LogP contribution in [0.15, 0.2) is 60.8 Å². The number of hydrogen-bond acceptors (Lipinski definition) is 9. The highest BCUT2D eigenvalue weighted by atomic mass is 32.1. The molecule has 0 bridgehead atoms. The largest absolute Gasteiger partial charge is 0.490 e. The predicted octanol–water partition coefficient (Wildman–Crippen LogP) is 12.8. The molecule has 7 rings (SSSR count). The Hall–Kier alpha value is -3.44. The number of benzene rings is 2. The third-order valence-corrected chi connectivity index (χ3v) is 9.42. The van der Waals surface area contributed by atoms with Crippen molar-refractivity contribution in [3.8, 4) is 11.5 Å². The number of rotatable bonds is 3. The summed E-state index contributed by atoms with van der Waals surface area (Å²) >= 11 is 1.81. The van der Waals surface area contributed by atoms with Gasteiger partial charge in [0.15, 0.2) is 5.13 Å². The molecular formula is C50H86N4O5S. The maximum atomic E-state index is 5.82. The summed E-state index contributed by atoms with van der Waals surface area (Å²) in [5.74, 6) is 4.38. The van der Waals surface area contributed by atoms with Gasteiger partial charge in [-0.3, -0.25) is 4.68 Å². The van der Waals surface area contributed by atoms with Crippen LogP contribution < -0.4 is 14.4 Å². The first-order valence-electron chi connectivity index (χ1n) is 21.8. The number of fused-ring (bicyclic) bond motifs is 2. The number of para-hydroxylation sites is 2. The van der Waals surface area contributed by atoms with Gasteiger partial charge in [0.2, 0.25) is 0 Å². The number of methoxy groups -OCH3 is 2. The SMILES string of the molecule is CC(C)C.CC(C)C.CC(C)c1cnc(N2CCOCC2)s1.CC1(C)CCc2ccccc2O1.CC1Cc2ccccc2O1.COC.COC.Cc1cc(C)n(C(C)C)n1. The van der Waals surface area contributed by atoms with Crippen molar-refractivity contribution in [2.24, 2.45) is 11.8 Å². The summed E-state index contributed by atoms with van der Waals surface area (Å²) in [5.41, 5.74) is 5.06. The molecule has 60 heavy (non-hydrogen) atoms. The van der Waals surface area contributed by atoms with Gasteiger partial charge >= 0.3 is 0 Å². The summed E-state index contributed by atoms with van der Waals surface area (Å²) in [6.07, 6.45) is 5.70. The number of thiazole rings is 1. The molecule has 0 spiro atoms. The summed E-state index contributed by atoms with van der Waals surface area (Å²) in [7, 11) is 6.50. The molecule has 3 aliphatic heterocycles. The zero-order chi connectivity index (χ0) is 45.8. The fraction of sp³-hybridized carbons (Fsp3) is 0.640. The molecule has 3 aliphatic rings. The van der Waals surface area contributed by atoms with Gasteiger partial charge in [0, 0.05) is 70.8 Å². The van der Waals surface area contributed by atoms with E-state index in [4.69, 9.17) is 14.2 Å². The fourth-order valence-electron chi connectivity index (χ4n) is 5.56. The molecule has 4 aromatic rings. The maximum absolute atomic E-state index is 5.82. The number of aromatic nitrogens is 3. The summed E-state index contributed by atoms with van der Waals surface area (Å²) < 4.78 is 27.2. The van der Waals surface area contributed by atoms with Crippen molar-refractivity contribution in [1.82, 2.24) is 14.8 Å². The second kappa shape index (κ2) is 31.4. The lowest BCUT2D eigenvalue weighted by atomic mass is 9.94. The quantitative estimate of drug-likeness (QED) is 0.202. The van der Waals surface area contributed by atoms with Crippen LogP contribution in [0.1, 0.15) is 136 Å². The minimum atomic E-state index is 0.0222. The molecule has 0 amide bonds. The van der Waals surface area contributed by atoms with Crippen molar-refractivity contribution in [3.63, 3.8) is 0 Å². The zero-order valence-corrected chi connectivity index (χ0v) is 42.2. The van der Waals surface area contributed by atoms with E-state index in [0.717, 1.165) is 79.7 Å². The van der Waals surface area contributed by atoms with E-state index in [1.807, 2.05) is 36.0 Å². The van der Waals surface area contributed by atoms with Gasteiger partial charge in [0.1, 0.15) is 23.2 Å². The third-order valence-electron chi connectivity index (χ3n) is 8.06. The van der Waals surface area contributed by atoms with Crippen LogP contribution in [-0.2, 0) is 27.1 Å². The number of aryl methyl sites for hydroxylation is 3. The Bertz CT molecular complexity index is 1600. The standard InChI is InChI=1S/C11H14O.C10H16N2OS.C9H10O.C8H14N2.2C4H10.2C2H6O/c1-11(2)8-7-9-5-3-4-6-10(9)12-11;1-8(2)9-7-11-10(14-9)12-3-5-13-6-4-12;1-7-6-8-4-2-3-5-9(8)10-7;1-6(2)10-8(4)5-7(3)9-10;2*1-4(2)3;2*1-3-2/h3-6H,7-8H2,1-2H3;7-8H,3-6H2,1-2H3;2-5,7H,6H2,1H3;5-6H,1-4H3;2*4H,1-3H3;2*1-2H3. The van der Waals surface area contributed by atoms with Crippen LogP contribution in [0.25, 0.3) is 0 Å². The van der Waals surface area contributed by atoms with E-state index >= 15 is 0 Å². The number of morpholine rings is 1. The van der Waals surface area contributed by atoms with E-state index in [0.29, 0.717) is 18.1 Å². The predicted molar refractivity (Wildman–Crippen MR) is 258 cm³/mol. The number of anilines is 1. The molecule has 0 saturated carbocycles. The van der Waals surface area contributed by atoms with Crippen LogP contribution in [0, 0.1) is 25.7 Å². The second-order valence-electron chi connectivity index (χ2n) is 17.8. The molecule has 0 aliphatic carbocycles. The second-order valence-corrected chi connectivity index (χ2v) is 18.8. The molecule has 1 unspecified atom stereocenters. The van der Waals surface area contributed by atoms with Crippen molar-refractivity contribution in [2.75, 3.05) is 59.6 Å². The van der Waals surface area contributed by atoms with Crippen molar-refractivity contribution in [3.05, 3.63) is 88.2 Å². The molecule has 2 aromatic heterocycles. The van der Waals surface area contributed by atoms with E-state index in [-0.39, 0.29) is 5.60 Å². The lowest BCUT2D eigenvalue weighted by molar-refractivity contribution is 0.0847. The molecule has 0 N–H and O–H groups in total. The molecule has 10 heteroatoms. The Balaban J connectivity index is 0.000000705. The molecule has 342 valence electrons. The normalized spacial score (nSPS) is 15.3. The van der Waals surface area contributed by atoms with Crippen molar-refractivity contribution < 1.29 is 23.7 Å². The average Bonchev–Trinajstić information content (AvgIpc) is 3.90. The van der Waals surface area contributed by atoms with Crippen molar-refractivity contribution in [2.45, 2.75) is 147 Å². The topological polar surface area (TPSA) is 80.1 Å². The summed E-state index contributed by atoms with van der Waals surface area (Å²) in [6, 6.07) is 19.1. The van der Waals surface area contributed by atoms with Crippen LogP contribution in [-0.4, -0.2) is 81.2 Å². The zero-order valence-electron chi connectivity index (χ0n) is 41.3. The average molecular weight is 855 g/mol. The smallest absolute Gasteiger partial charge is 0.185 e. The van der Waals surface area contributed by atoms with Crippen LogP contribution >= 0.6 is 11.3 Å². The summed E-state index contributed by atoms with van der Waals surface area (Å²) in [4.78, 5) is 8.12. The van der Waals surface area contributed by atoms with Gasteiger partial charge in [-0.25, -0.2) is 4.98 Å². The minimum Gasteiger partial charge on any atom is -0.490 e. The van der Waals surface area contributed by atoms with E-state index in [9.17, 15) is 0 Å². The Morgan fingerprint density at radius 1 is 0.767 bits per heavy atom. The van der Waals surface area contributed by atoms with Crippen molar-refractivity contribution >= 4 is 16.5 Å². The number of nitrogens with zero attached hydrogens (tertiary/aromatic N) is 4. The molecular weight excluding hydrogens is 769 g/mol. The lowest BCUT2D eigenvalue weighted by Gasteiger charge is -2.32. The summed E-state index contributed by atoms with van der Waals surface area (Å²) in [6.45, 7) is 35.8. The van der Waals surface area contributed by atoms with E-state index in [2.05, 4.69) is 158 Å². The van der Waals surface area contributed by atoms with Crippen molar-refractivity contribution in [1.29, 1.82) is 0 Å². The number of hydrogen-bond donors (Lipinski definition) is 0. The summed E-state index contributed by atoms with van der Waals surface area (Å²) in [5, 5.41) is 5.48. The van der Waals surface area contributed by atoms with Gasteiger partial charge in [0.05, 0.1) is 18.9 Å². The highest BCUT2D eigenvalue weighted by Gasteiger charge is 2.25. The van der Waals surface area contributed by atoms with Crippen LogP contribution in [0.5, 0.6) is 11.5 Å². The van der Waals surface area contributed by atoms with Gasteiger partial charge in [-0.05, 0) is 108 Å². The van der Waals surface area contributed by atoms with E-state index in [1.165, 1.54) is 21.7 Å². The molecule has 0 radical (unpaired) electrons. The molecule has 1 fully saturated rings. The van der Waals surface area contributed by atoms with Gasteiger partial charge in [-0.2, -0.15) is 5.10 Å². The van der Waals surface area contributed by atoms with Crippen LogP contribution in [0.4, 0.5) is 5.13 Å². The number of ether oxygens (including phenoxy) is 5. The van der Waals surface area contributed by atoms with Gasteiger partial charge in [0.25, 0.3) is 0 Å². The fourth-order valence-corrected chi connectivity index (χ4v) is 6.53. The lowest BCUT2D eigenvalue weighted by Crippen LogP contribution is -2.36. The van der Waals surface area contributed by atoms with E-state index < -0.39 is 0 Å². The Labute approximate surface area is 371 Å². The molecule has 2 aromatic carbocycles. The van der Waals surface area contributed by atoms with Gasteiger partial charge < -0.3 is 28.6 Å². The Morgan fingerprint density at radius 2 is 1.27 bits per heavy atom.